The van der Waals surface area contributed by atoms with Crippen LogP contribution in [0.3, 0.4) is 0 Å². The standard InChI is InChI=1S/C14H26BrNO2/c1-14(2,3)9-11(15)10-16-13(17)7-6-12-5-4-8-18-12/h11-12H,4-10H2,1-3H3,(H,16,17). The van der Waals surface area contributed by atoms with Crippen LogP contribution < -0.4 is 5.32 Å². The van der Waals surface area contributed by atoms with Crippen molar-refractivity contribution in [1.29, 1.82) is 0 Å². The third-order valence-electron chi connectivity index (χ3n) is 3.07. The first-order chi connectivity index (χ1) is 8.37. The van der Waals surface area contributed by atoms with E-state index >= 15 is 0 Å². The van der Waals surface area contributed by atoms with Gasteiger partial charge in [-0.15, -0.1) is 0 Å². The Balaban J connectivity index is 2.08. The molecule has 0 saturated carbocycles. The summed E-state index contributed by atoms with van der Waals surface area (Å²) in [5.74, 6) is 0.142. The molecule has 106 valence electrons. The number of rotatable bonds is 6. The predicted octanol–water partition coefficient (Wildman–Crippen LogP) is 3.26. The lowest BCUT2D eigenvalue weighted by Gasteiger charge is -2.22. The number of carbonyl (C=O) groups excluding carboxylic acids is 1. The van der Waals surface area contributed by atoms with Gasteiger partial charge in [0.25, 0.3) is 0 Å². The molecule has 2 unspecified atom stereocenters. The van der Waals surface area contributed by atoms with E-state index in [1.54, 1.807) is 0 Å². The monoisotopic (exact) mass is 319 g/mol. The molecular formula is C14H26BrNO2. The number of ether oxygens (including phenoxy) is 1. The summed E-state index contributed by atoms with van der Waals surface area (Å²) in [6.07, 6.45) is 5.06. The first-order valence-corrected chi connectivity index (χ1v) is 7.81. The minimum Gasteiger partial charge on any atom is -0.378 e. The highest BCUT2D eigenvalue weighted by Gasteiger charge is 2.18. The van der Waals surface area contributed by atoms with Crippen LogP contribution in [0.5, 0.6) is 0 Å². The average molecular weight is 320 g/mol. The molecule has 0 aromatic carbocycles. The fourth-order valence-corrected chi connectivity index (χ4v) is 3.35. The SMILES string of the molecule is CC(C)(C)CC(Br)CNC(=O)CCC1CCCO1. The summed E-state index contributed by atoms with van der Waals surface area (Å²) in [5.41, 5.74) is 0.288. The molecule has 1 heterocycles. The summed E-state index contributed by atoms with van der Waals surface area (Å²) in [6, 6.07) is 0. The first kappa shape index (κ1) is 16.0. The molecule has 1 saturated heterocycles. The molecule has 0 aromatic heterocycles. The summed E-state index contributed by atoms with van der Waals surface area (Å²) in [6.45, 7) is 8.20. The number of alkyl halides is 1. The summed E-state index contributed by atoms with van der Waals surface area (Å²) < 4.78 is 5.51. The number of carbonyl (C=O) groups is 1. The molecule has 4 heteroatoms. The predicted molar refractivity (Wildman–Crippen MR) is 78.0 cm³/mol. The van der Waals surface area contributed by atoms with Crippen LogP contribution in [0, 0.1) is 5.41 Å². The molecule has 0 bridgehead atoms. The van der Waals surface area contributed by atoms with Crippen molar-refractivity contribution < 1.29 is 9.53 Å². The van der Waals surface area contributed by atoms with Crippen LogP contribution >= 0.6 is 15.9 Å². The van der Waals surface area contributed by atoms with Gasteiger partial charge in [-0.3, -0.25) is 4.79 Å². The van der Waals surface area contributed by atoms with Gasteiger partial charge in [-0.25, -0.2) is 0 Å². The molecule has 18 heavy (non-hydrogen) atoms. The van der Waals surface area contributed by atoms with Crippen LogP contribution in [0.4, 0.5) is 0 Å². The highest BCUT2D eigenvalue weighted by atomic mass is 79.9. The number of halogens is 1. The van der Waals surface area contributed by atoms with E-state index in [2.05, 4.69) is 42.0 Å². The second-order valence-electron chi connectivity index (χ2n) is 6.34. The van der Waals surface area contributed by atoms with Crippen molar-refractivity contribution in [2.24, 2.45) is 5.41 Å². The maximum Gasteiger partial charge on any atom is 0.220 e. The zero-order valence-electron chi connectivity index (χ0n) is 11.8. The molecule has 0 aliphatic carbocycles. The number of nitrogens with one attached hydrogen (secondary N) is 1. The van der Waals surface area contributed by atoms with Crippen molar-refractivity contribution in [2.75, 3.05) is 13.2 Å². The Bertz CT molecular complexity index is 257. The van der Waals surface area contributed by atoms with Crippen LogP contribution in [0.2, 0.25) is 0 Å². The smallest absolute Gasteiger partial charge is 0.220 e. The van der Waals surface area contributed by atoms with Crippen LogP contribution in [-0.2, 0) is 9.53 Å². The second kappa shape index (κ2) is 7.49. The molecule has 0 spiro atoms. The lowest BCUT2D eigenvalue weighted by atomic mass is 9.90. The second-order valence-corrected chi connectivity index (χ2v) is 7.63. The topological polar surface area (TPSA) is 38.3 Å². The van der Waals surface area contributed by atoms with E-state index in [1.807, 2.05) is 0 Å². The minimum absolute atomic E-state index is 0.142. The lowest BCUT2D eigenvalue weighted by molar-refractivity contribution is -0.121. The Morgan fingerprint density at radius 2 is 2.22 bits per heavy atom. The van der Waals surface area contributed by atoms with Crippen molar-refractivity contribution in [1.82, 2.24) is 5.32 Å². The molecule has 1 aliphatic rings. The molecule has 1 amide bonds. The van der Waals surface area contributed by atoms with E-state index in [4.69, 9.17) is 4.74 Å². The maximum atomic E-state index is 11.7. The van der Waals surface area contributed by atoms with Gasteiger partial charge < -0.3 is 10.1 Å². The molecule has 1 aliphatic heterocycles. The van der Waals surface area contributed by atoms with Crippen LogP contribution in [0.1, 0.15) is 52.9 Å². The molecular weight excluding hydrogens is 294 g/mol. The Morgan fingerprint density at radius 1 is 1.50 bits per heavy atom. The lowest BCUT2D eigenvalue weighted by Crippen LogP contribution is -2.31. The largest absolute Gasteiger partial charge is 0.378 e. The van der Waals surface area contributed by atoms with Crippen molar-refractivity contribution in [3.63, 3.8) is 0 Å². The fraction of sp³-hybridized carbons (Fsp3) is 0.929. The molecule has 0 aromatic rings. The van der Waals surface area contributed by atoms with Gasteiger partial charge in [-0.05, 0) is 31.1 Å². The number of amides is 1. The quantitative estimate of drug-likeness (QED) is 0.763. The van der Waals surface area contributed by atoms with Gasteiger partial charge in [0.1, 0.15) is 0 Å². The normalized spacial score (nSPS) is 21.9. The summed E-state index contributed by atoms with van der Waals surface area (Å²) in [4.78, 5) is 12.0. The summed E-state index contributed by atoms with van der Waals surface area (Å²) in [7, 11) is 0. The highest BCUT2D eigenvalue weighted by molar-refractivity contribution is 9.09. The van der Waals surface area contributed by atoms with E-state index in [-0.39, 0.29) is 11.3 Å². The summed E-state index contributed by atoms with van der Waals surface area (Å²) in [5, 5.41) is 2.99. The Morgan fingerprint density at radius 3 is 2.78 bits per heavy atom. The van der Waals surface area contributed by atoms with Gasteiger partial charge in [-0.1, -0.05) is 36.7 Å². The van der Waals surface area contributed by atoms with Crippen molar-refractivity contribution in [2.45, 2.75) is 63.8 Å². The van der Waals surface area contributed by atoms with E-state index in [0.29, 0.717) is 23.9 Å². The van der Waals surface area contributed by atoms with Crippen LogP contribution in [0.15, 0.2) is 0 Å². The van der Waals surface area contributed by atoms with Gasteiger partial charge in [0.05, 0.1) is 6.10 Å². The molecule has 3 nitrogen and oxygen atoms in total. The van der Waals surface area contributed by atoms with E-state index in [1.165, 1.54) is 0 Å². The molecule has 2 atom stereocenters. The zero-order valence-corrected chi connectivity index (χ0v) is 13.4. The van der Waals surface area contributed by atoms with E-state index in [0.717, 1.165) is 32.3 Å². The van der Waals surface area contributed by atoms with Crippen LogP contribution in [0.25, 0.3) is 0 Å². The van der Waals surface area contributed by atoms with E-state index in [9.17, 15) is 4.79 Å². The van der Waals surface area contributed by atoms with Gasteiger partial charge in [0.15, 0.2) is 0 Å². The van der Waals surface area contributed by atoms with Gasteiger partial charge in [0, 0.05) is 24.4 Å². The third-order valence-corrected chi connectivity index (χ3v) is 3.72. The first-order valence-electron chi connectivity index (χ1n) is 6.89. The highest BCUT2D eigenvalue weighted by Crippen LogP contribution is 2.24. The van der Waals surface area contributed by atoms with Crippen LogP contribution in [-0.4, -0.2) is 30.0 Å². The Kier molecular flexibility index (Phi) is 6.64. The van der Waals surface area contributed by atoms with Gasteiger partial charge in [-0.2, -0.15) is 0 Å². The zero-order chi connectivity index (χ0) is 13.6. The van der Waals surface area contributed by atoms with Crippen molar-refractivity contribution in [3.8, 4) is 0 Å². The van der Waals surface area contributed by atoms with Gasteiger partial charge in [0.2, 0.25) is 5.91 Å². The molecule has 1 fully saturated rings. The molecule has 0 radical (unpaired) electrons. The number of hydrogen-bond acceptors (Lipinski definition) is 2. The van der Waals surface area contributed by atoms with Gasteiger partial charge >= 0.3 is 0 Å². The summed E-state index contributed by atoms with van der Waals surface area (Å²) >= 11 is 3.62. The fourth-order valence-electron chi connectivity index (χ4n) is 2.21. The Hall–Kier alpha value is -0.0900. The molecule has 1 N–H and O–H groups in total. The maximum absolute atomic E-state index is 11.7. The van der Waals surface area contributed by atoms with E-state index < -0.39 is 0 Å². The average Bonchev–Trinajstić information content (AvgIpc) is 2.74. The van der Waals surface area contributed by atoms with Crippen molar-refractivity contribution >= 4 is 21.8 Å². The number of hydrogen-bond donors (Lipinski definition) is 1. The third kappa shape index (κ3) is 7.37. The van der Waals surface area contributed by atoms with Crippen molar-refractivity contribution in [3.05, 3.63) is 0 Å². The minimum atomic E-state index is 0.142. The Labute approximate surface area is 119 Å². The molecule has 1 rings (SSSR count).